The van der Waals surface area contributed by atoms with Crippen molar-refractivity contribution in [1.82, 2.24) is 19.7 Å². The third kappa shape index (κ3) is 2.99. The largest absolute Gasteiger partial charge is 0.496 e. The maximum atomic E-state index is 6.48. The van der Waals surface area contributed by atoms with Crippen molar-refractivity contribution >= 4 is 34.1 Å². The van der Waals surface area contributed by atoms with Crippen LogP contribution in [0.3, 0.4) is 0 Å². The fraction of sp³-hybridized carbons (Fsp3) is 0.150. The molecule has 0 aliphatic carbocycles. The molecule has 2 aromatic heterocycles. The van der Waals surface area contributed by atoms with Crippen molar-refractivity contribution in [3.8, 4) is 22.7 Å². The summed E-state index contributed by atoms with van der Waals surface area (Å²) in [6.07, 6.45) is 3.12. The fourth-order valence-electron chi connectivity index (χ4n) is 3.42. The Hall–Kier alpha value is -2.67. The van der Waals surface area contributed by atoms with Crippen LogP contribution in [0.1, 0.15) is 11.1 Å². The van der Waals surface area contributed by atoms with Crippen LogP contribution in [-0.2, 0) is 6.54 Å². The number of nitrogens with zero attached hydrogens (tertiary/aromatic N) is 4. The summed E-state index contributed by atoms with van der Waals surface area (Å²) >= 11 is 12.6. The molecule has 0 radical (unpaired) electrons. The van der Waals surface area contributed by atoms with Gasteiger partial charge in [0.2, 0.25) is 0 Å². The molecule has 0 amide bonds. The highest BCUT2D eigenvalue weighted by Crippen LogP contribution is 2.39. The van der Waals surface area contributed by atoms with E-state index in [2.05, 4.69) is 10.1 Å². The van der Waals surface area contributed by atoms with Crippen molar-refractivity contribution in [2.45, 2.75) is 13.5 Å². The second-order valence-corrected chi connectivity index (χ2v) is 7.09. The second-order valence-electron chi connectivity index (χ2n) is 6.24. The Labute approximate surface area is 171 Å². The average Bonchev–Trinajstić information content (AvgIpc) is 3.21. The molecule has 0 spiro atoms. The third-order valence-corrected chi connectivity index (χ3v) is 5.24. The fourth-order valence-corrected chi connectivity index (χ4v) is 3.91. The second kappa shape index (κ2) is 7.39. The molecule has 0 fully saturated rings. The van der Waals surface area contributed by atoms with Gasteiger partial charge in [-0.1, -0.05) is 23.2 Å². The lowest BCUT2D eigenvalue weighted by molar-refractivity contribution is 0.412. The van der Waals surface area contributed by atoms with Crippen LogP contribution in [0, 0.1) is 6.92 Å². The summed E-state index contributed by atoms with van der Waals surface area (Å²) in [4.78, 5) is 8.99. The number of pyridine rings is 1. The highest BCUT2D eigenvalue weighted by molar-refractivity contribution is 6.36. The monoisotopic (exact) mass is 413 g/mol. The molecule has 0 saturated heterocycles. The molecule has 4 rings (SSSR count). The van der Waals surface area contributed by atoms with Crippen LogP contribution >= 0.6 is 23.2 Å². The normalized spacial score (nSPS) is 11.2. The van der Waals surface area contributed by atoms with Gasteiger partial charge in [-0.2, -0.15) is 5.10 Å². The summed E-state index contributed by atoms with van der Waals surface area (Å²) in [6, 6.07) is 9.13. The molecule has 2 heterocycles. The van der Waals surface area contributed by atoms with E-state index in [1.807, 2.05) is 25.1 Å². The number of hydrogen-bond acceptors (Lipinski definition) is 5. The van der Waals surface area contributed by atoms with Crippen LogP contribution in [0.15, 0.2) is 43.0 Å². The number of aromatic nitrogens is 4. The maximum Gasteiger partial charge on any atom is 0.138 e. The molecule has 4 aromatic rings. The number of halogens is 2. The van der Waals surface area contributed by atoms with Crippen LogP contribution in [0.4, 0.5) is 0 Å². The average molecular weight is 414 g/mol. The number of fused-ring (bicyclic) bond motifs is 1. The van der Waals surface area contributed by atoms with E-state index >= 15 is 0 Å². The van der Waals surface area contributed by atoms with Gasteiger partial charge in [-0.05, 0) is 37.3 Å². The molecule has 28 heavy (non-hydrogen) atoms. The van der Waals surface area contributed by atoms with Crippen LogP contribution < -0.4 is 10.5 Å². The molecule has 2 aromatic carbocycles. The lowest BCUT2D eigenvalue weighted by Gasteiger charge is -2.19. The van der Waals surface area contributed by atoms with E-state index < -0.39 is 0 Å². The summed E-state index contributed by atoms with van der Waals surface area (Å²) in [5.74, 6) is 0.760. The van der Waals surface area contributed by atoms with Gasteiger partial charge in [0.1, 0.15) is 18.4 Å². The molecule has 142 valence electrons. The van der Waals surface area contributed by atoms with Gasteiger partial charge >= 0.3 is 0 Å². The van der Waals surface area contributed by atoms with Crippen molar-refractivity contribution in [2.24, 2.45) is 5.73 Å². The van der Waals surface area contributed by atoms with Crippen molar-refractivity contribution in [3.05, 3.63) is 64.2 Å². The number of benzene rings is 2. The number of methoxy groups -OCH3 is 1. The third-order valence-electron chi connectivity index (χ3n) is 4.69. The van der Waals surface area contributed by atoms with E-state index in [-0.39, 0.29) is 6.54 Å². The summed E-state index contributed by atoms with van der Waals surface area (Å²) < 4.78 is 7.21. The molecular weight excluding hydrogens is 397 g/mol. The van der Waals surface area contributed by atoms with Crippen LogP contribution in [-0.4, -0.2) is 26.9 Å². The number of rotatable bonds is 4. The van der Waals surface area contributed by atoms with E-state index in [1.54, 1.807) is 30.3 Å². The van der Waals surface area contributed by atoms with Crippen molar-refractivity contribution in [2.75, 3.05) is 7.11 Å². The van der Waals surface area contributed by atoms with Gasteiger partial charge in [0.05, 0.1) is 29.0 Å². The Morgan fingerprint density at radius 2 is 2.00 bits per heavy atom. The molecule has 0 aliphatic heterocycles. The number of hydrogen-bond donors (Lipinski definition) is 1. The summed E-state index contributed by atoms with van der Waals surface area (Å²) in [6.45, 7) is 2.22. The molecule has 0 atom stereocenters. The van der Waals surface area contributed by atoms with Gasteiger partial charge in [0, 0.05) is 33.6 Å². The van der Waals surface area contributed by atoms with Crippen LogP contribution in [0.5, 0.6) is 5.75 Å². The number of aryl methyl sites for hydroxylation is 1. The first kappa shape index (κ1) is 18.7. The molecule has 0 unspecified atom stereocenters. The lowest BCUT2D eigenvalue weighted by atomic mass is 9.98. The van der Waals surface area contributed by atoms with E-state index in [1.165, 1.54) is 6.33 Å². The molecule has 2 N–H and O–H groups in total. The summed E-state index contributed by atoms with van der Waals surface area (Å²) in [7, 11) is 1.64. The van der Waals surface area contributed by atoms with Gasteiger partial charge < -0.3 is 10.5 Å². The van der Waals surface area contributed by atoms with Gasteiger partial charge in [-0.25, -0.2) is 14.6 Å². The summed E-state index contributed by atoms with van der Waals surface area (Å²) in [5.41, 5.74) is 11.0. The molecule has 0 saturated carbocycles. The SMILES string of the molecule is COc1ccc2nc(-c3ccc(Cl)cc3Cl)c(CN)c(-n3cncn3)c2c1C. The minimum Gasteiger partial charge on any atom is -0.496 e. The zero-order valence-electron chi connectivity index (χ0n) is 15.3. The smallest absolute Gasteiger partial charge is 0.138 e. The first-order valence-corrected chi connectivity index (χ1v) is 9.31. The molecule has 0 aliphatic rings. The van der Waals surface area contributed by atoms with Gasteiger partial charge in [0.25, 0.3) is 0 Å². The van der Waals surface area contributed by atoms with Gasteiger partial charge in [-0.3, -0.25) is 0 Å². The molecule has 8 heteroatoms. The van der Waals surface area contributed by atoms with Crippen molar-refractivity contribution < 1.29 is 4.74 Å². The topological polar surface area (TPSA) is 78.9 Å². The minimum absolute atomic E-state index is 0.239. The molecular formula is C20H17Cl2N5O. The van der Waals surface area contributed by atoms with Crippen molar-refractivity contribution in [1.29, 1.82) is 0 Å². The molecule has 0 bridgehead atoms. The Balaban J connectivity index is 2.16. The molecule has 6 nitrogen and oxygen atoms in total. The van der Waals surface area contributed by atoms with E-state index in [9.17, 15) is 0 Å². The minimum atomic E-state index is 0.239. The predicted octanol–water partition coefficient (Wildman–Crippen LogP) is 4.57. The number of ether oxygens (including phenoxy) is 1. The lowest BCUT2D eigenvalue weighted by Crippen LogP contribution is -2.11. The first-order valence-electron chi connectivity index (χ1n) is 8.55. The zero-order valence-corrected chi connectivity index (χ0v) is 16.8. The zero-order chi connectivity index (χ0) is 19.8. The van der Waals surface area contributed by atoms with Crippen molar-refractivity contribution in [3.63, 3.8) is 0 Å². The number of nitrogens with two attached hydrogens (primary N) is 1. The van der Waals surface area contributed by atoms with Crippen LogP contribution in [0.25, 0.3) is 27.8 Å². The van der Waals surface area contributed by atoms with Crippen LogP contribution in [0.2, 0.25) is 10.0 Å². The standard InChI is InChI=1S/C20H17Cl2N5O/c1-11-17(28-2)6-5-16-18(11)20(27-10-24-9-25-27)14(8-23)19(26-16)13-4-3-12(21)7-15(13)22/h3-7,9-10H,8,23H2,1-2H3. The Morgan fingerprint density at radius 1 is 1.18 bits per heavy atom. The first-order chi connectivity index (χ1) is 13.5. The van der Waals surface area contributed by atoms with E-state index in [0.717, 1.165) is 39.0 Å². The predicted molar refractivity (Wildman–Crippen MR) is 111 cm³/mol. The maximum absolute atomic E-state index is 6.48. The van der Waals surface area contributed by atoms with E-state index in [4.69, 9.17) is 38.7 Å². The van der Waals surface area contributed by atoms with Gasteiger partial charge in [-0.15, -0.1) is 0 Å². The Kier molecular flexibility index (Phi) is 4.93. The summed E-state index contributed by atoms with van der Waals surface area (Å²) in [5, 5.41) is 6.30. The Bertz CT molecular complexity index is 1180. The van der Waals surface area contributed by atoms with E-state index in [0.29, 0.717) is 15.7 Å². The Morgan fingerprint density at radius 3 is 2.64 bits per heavy atom. The van der Waals surface area contributed by atoms with Gasteiger partial charge in [0.15, 0.2) is 0 Å². The highest BCUT2D eigenvalue weighted by atomic mass is 35.5. The quantitative estimate of drug-likeness (QED) is 0.530. The highest BCUT2D eigenvalue weighted by Gasteiger charge is 2.21.